The van der Waals surface area contributed by atoms with E-state index in [2.05, 4.69) is 121 Å². The van der Waals surface area contributed by atoms with Crippen molar-refractivity contribution in [1.29, 1.82) is 0 Å². The monoisotopic (exact) mass is 767 g/mol. The molecule has 0 saturated carbocycles. The molecule has 0 spiro atoms. The Morgan fingerprint density at radius 3 is 1.69 bits per heavy atom. The first-order chi connectivity index (χ1) is 26.2. The highest BCUT2D eigenvalue weighted by Gasteiger charge is 2.22. The number of aldehydes is 1. The molecule has 0 fully saturated rings. The van der Waals surface area contributed by atoms with E-state index >= 15 is 0 Å². The molecule has 10 heteroatoms. The van der Waals surface area contributed by atoms with Gasteiger partial charge in [0.2, 0.25) is 0 Å². The number of nitrogens with zero attached hydrogens (tertiary/aromatic N) is 2. The van der Waals surface area contributed by atoms with Gasteiger partial charge in [0, 0.05) is 47.8 Å². The van der Waals surface area contributed by atoms with Gasteiger partial charge in [0.25, 0.3) is 0 Å². The third kappa shape index (κ3) is 17.8. The Labute approximate surface area is 334 Å². The van der Waals surface area contributed by atoms with Crippen LogP contribution >= 0.6 is 9.12 Å². The minimum absolute atomic E-state index is 0.0566. The van der Waals surface area contributed by atoms with Gasteiger partial charge in [-0.3, -0.25) is 19.4 Å². The van der Waals surface area contributed by atoms with E-state index < -0.39 is 12.0 Å². The highest BCUT2D eigenvalue weighted by Crippen LogP contribution is 2.35. The van der Waals surface area contributed by atoms with Crippen LogP contribution in [0.3, 0.4) is 0 Å². The summed E-state index contributed by atoms with van der Waals surface area (Å²) in [6.45, 7) is 19.8. The largest absolute Gasteiger partial charge is 0.508 e. The van der Waals surface area contributed by atoms with Gasteiger partial charge in [-0.1, -0.05) is 84.9 Å². The lowest BCUT2D eigenvalue weighted by molar-refractivity contribution is -0.138. The lowest BCUT2D eigenvalue weighted by Crippen LogP contribution is -2.38. The number of carbonyl (C=O) groups is 2. The fourth-order valence-electron chi connectivity index (χ4n) is 6.22. The second kappa shape index (κ2) is 26.5. The van der Waals surface area contributed by atoms with Crippen molar-refractivity contribution in [2.24, 2.45) is 5.73 Å². The lowest BCUT2D eigenvalue weighted by atomic mass is 9.86. The second-order valence-electron chi connectivity index (χ2n) is 14.2. The van der Waals surface area contributed by atoms with Crippen molar-refractivity contribution in [3.8, 4) is 11.5 Å². The van der Waals surface area contributed by atoms with E-state index in [9.17, 15) is 14.7 Å². The number of aromatic hydroxyl groups is 2. The number of nitrogens with two attached hydrogens (primary N) is 1. The molecule has 2 unspecified atom stereocenters. The minimum atomic E-state index is -1.08. The van der Waals surface area contributed by atoms with Crippen LogP contribution in [0.2, 0.25) is 0 Å². The van der Waals surface area contributed by atoms with Crippen molar-refractivity contribution < 1.29 is 24.9 Å². The molecule has 4 aromatic rings. The van der Waals surface area contributed by atoms with Gasteiger partial charge in [0.15, 0.2) is 0 Å². The maximum Gasteiger partial charge on any atom is 0.325 e. The summed E-state index contributed by atoms with van der Waals surface area (Å²) in [4.78, 5) is 26.5. The van der Waals surface area contributed by atoms with Gasteiger partial charge in [-0.05, 0) is 115 Å². The molecular weight excluding hydrogens is 704 g/mol. The third-order valence-corrected chi connectivity index (χ3v) is 9.04. The first kappa shape index (κ1) is 48.8. The van der Waals surface area contributed by atoms with Crippen LogP contribution in [0.4, 0.5) is 0 Å². The standard InChI is InChI=1S/C22H29NO2.C15H23N.C8H9NO3.BH2P/c1-16(2)23(17(3)4)13-12-20(19-8-6-5-7-9-19)21-14-18(15-24)10-11-22(21)25;1-13(2)16(14(3)4)12-8-11-15-9-6-5-7-10-15;9-7(8(11)12)5-1-3-6(10)4-2-5;1-2/h5-11,14-17,20,25H,12-13H2,1-4H3;5-11,13-14H,12H2,1-4H3;1-4,7,10H,9H2,(H,11,12);2H2/b;11-8+;;/t;;7-;/m..1./s1. The van der Waals surface area contributed by atoms with E-state index in [-0.39, 0.29) is 17.4 Å². The van der Waals surface area contributed by atoms with Gasteiger partial charge in [0.1, 0.15) is 23.8 Å². The summed E-state index contributed by atoms with van der Waals surface area (Å²) in [5, 5.41) is 27.8. The minimum Gasteiger partial charge on any atom is -0.508 e. The van der Waals surface area contributed by atoms with E-state index in [1.54, 1.807) is 12.1 Å². The summed E-state index contributed by atoms with van der Waals surface area (Å²) in [5.74, 6) is -0.682. The smallest absolute Gasteiger partial charge is 0.325 e. The first-order valence-corrected chi connectivity index (χ1v) is 19.5. The Balaban J connectivity index is 0.000000433. The van der Waals surface area contributed by atoms with E-state index in [4.69, 9.17) is 15.9 Å². The topological polar surface area (TPSA) is 127 Å². The molecular formula is C45H63BN3O5P. The van der Waals surface area contributed by atoms with E-state index in [1.165, 1.54) is 29.8 Å². The number of hydrogen-bond donors (Lipinski definition) is 4. The fourth-order valence-corrected chi connectivity index (χ4v) is 6.22. The molecule has 8 nitrogen and oxygen atoms in total. The van der Waals surface area contributed by atoms with Gasteiger partial charge < -0.3 is 21.1 Å². The number of rotatable bonds is 15. The van der Waals surface area contributed by atoms with Crippen LogP contribution < -0.4 is 5.73 Å². The molecule has 0 aliphatic heterocycles. The molecule has 0 heterocycles. The van der Waals surface area contributed by atoms with E-state index in [1.807, 2.05) is 39.5 Å². The number of carboxylic acid groups (broad SMARTS) is 1. The molecule has 0 bridgehead atoms. The number of phenols is 2. The summed E-state index contributed by atoms with van der Waals surface area (Å²) >= 11 is 0. The highest BCUT2D eigenvalue weighted by molar-refractivity contribution is 7.49. The Hall–Kier alpha value is -4.27. The first-order valence-electron chi connectivity index (χ1n) is 18.8. The number of hydrogen-bond acceptors (Lipinski definition) is 7. The summed E-state index contributed by atoms with van der Waals surface area (Å²) in [7, 11) is 6.33. The average Bonchev–Trinajstić information content (AvgIpc) is 3.17. The molecule has 296 valence electrons. The molecule has 3 atom stereocenters. The SMILES string of the molecule is CC(C)N(C/C=C/c1ccccc1)C(C)C.CC(C)N(CCC(c1ccccc1)c1cc(C=O)ccc1O)C(C)C.N[C@@H](C(=O)O)c1ccc(O)cc1.[B]P. The summed E-state index contributed by atoms with van der Waals surface area (Å²) in [6.07, 6.45) is 6.16. The molecule has 5 N–H and O–H groups in total. The van der Waals surface area contributed by atoms with Gasteiger partial charge in [-0.15, -0.1) is 0 Å². The zero-order valence-corrected chi connectivity index (χ0v) is 35.1. The predicted octanol–water partition coefficient (Wildman–Crippen LogP) is 9.09. The van der Waals surface area contributed by atoms with Crippen molar-refractivity contribution in [2.45, 2.75) is 97.9 Å². The van der Waals surface area contributed by atoms with Crippen LogP contribution in [-0.2, 0) is 4.79 Å². The van der Waals surface area contributed by atoms with Gasteiger partial charge in [-0.2, -0.15) is 9.12 Å². The molecule has 0 aromatic heterocycles. The molecule has 55 heavy (non-hydrogen) atoms. The number of carbonyl (C=O) groups excluding carboxylic acids is 1. The molecule has 4 rings (SSSR count). The van der Waals surface area contributed by atoms with Crippen molar-refractivity contribution in [3.05, 3.63) is 137 Å². The predicted molar refractivity (Wildman–Crippen MR) is 234 cm³/mol. The highest BCUT2D eigenvalue weighted by atomic mass is 31.0. The molecule has 0 saturated heterocycles. The number of benzene rings is 4. The van der Waals surface area contributed by atoms with Gasteiger partial charge in [-0.25, -0.2) is 0 Å². The van der Waals surface area contributed by atoms with Gasteiger partial charge in [0.05, 0.1) is 7.57 Å². The van der Waals surface area contributed by atoms with Crippen LogP contribution in [0.5, 0.6) is 11.5 Å². The van der Waals surface area contributed by atoms with Crippen molar-refractivity contribution in [3.63, 3.8) is 0 Å². The molecule has 0 aliphatic rings. The number of aliphatic carboxylic acids is 1. The van der Waals surface area contributed by atoms with E-state index in [0.717, 1.165) is 36.9 Å². The summed E-state index contributed by atoms with van der Waals surface area (Å²) < 4.78 is 0. The Morgan fingerprint density at radius 1 is 0.709 bits per heavy atom. The quantitative estimate of drug-likeness (QED) is 0.0536. The molecule has 2 radical (unpaired) electrons. The van der Waals surface area contributed by atoms with Crippen LogP contribution in [0.15, 0.2) is 109 Å². The second-order valence-corrected chi connectivity index (χ2v) is 14.2. The van der Waals surface area contributed by atoms with Crippen LogP contribution in [0.25, 0.3) is 6.08 Å². The average molecular weight is 768 g/mol. The van der Waals surface area contributed by atoms with Crippen molar-refractivity contribution >= 4 is 35.0 Å². The van der Waals surface area contributed by atoms with Crippen LogP contribution in [-0.4, -0.2) is 82.2 Å². The summed E-state index contributed by atoms with van der Waals surface area (Å²) in [5.41, 5.74) is 9.63. The normalized spacial score (nSPS) is 12.1. The zero-order chi connectivity index (χ0) is 41.5. The number of carboxylic acids is 1. The van der Waals surface area contributed by atoms with E-state index in [0.29, 0.717) is 35.3 Å². The molecule has 0 amide bonds. The Bertz CT molecular complexity index is 1650. The van der Waals surface area contributed by atoms with Crippen LogP contribution in [0.1, 0.15) is 106 Å². The zero-order valence-electron chi connectivity index (χ0n) is 33.9. The third-order valence-electron chi connectivity index (χ3n) is 9.04. The fraction of sp³-hybridized carbons (Fsp3) is 0.378. The Morgan fingerprint density at radius 2 is 1.22 bits per heavy atom. The molecule has 0 aliphatic carbocycles. The lowest BCUT2D eigenvalue weighted by Gasteiger charge is -2.32. The van der Waals surface area contributed by atoms with Crippen molar-refractivity contribution in [2.75, 3.05) is 13.1 Å². The van der Waals surface area contributed by atoms with Gasteiger partial charge >= 0.3 is 5.97 Å². The molecule has 4 aromatic carbocycles. The Kier molecular flexibility index (Phi) is 23.5. The maximum atomic E-state index is 11.2. The summed E-state index contributed by atoms with van der Waals surface area (Å²) in [6, 6.07) is 32.6. The number of phenolic OH excluding ortho intramolecular Hbond substituents is 2. The van der Waals surface area contributed by atoms with Crippen molar-refractivity contribution in [1.82, 2.24) is 9.80 Å². The maximum absolute atomic E-state index is 11.2. The van der Waals surface area contributed by atoms with Crippen LogP contribution in [0, 0.1) is 0 Å².